The molecule has 3 aromatic rings. The normalized spacial score (nSPS) is 14.4. The average molecular weight is 461 g/mol. The highest BCUT2D eigenvalue weighted by Gasteiger charge is 2.17. The van der Waals surface area contributed by atoms with Crippen LogP contribution in [-0.4, -0.2) is 30.8 Å². The van der Waals surface area contributed by atoms with Gasteiger partial charge in [0.1, 0.15) is 5.82 Å². The molecule has 0 aliphatic heterocycles. The van der Waals surface area contributed by atoms with E-state index in [4.69, 9.17) is 10.1 Å². The molecule has 1 N–H and O–H groups in total. The summed E-state index contributed by atoms with van der Waals surface area (Å²) in [6, 6.07) is 11.0. The summed E-state index contributed by atoms with van der Waals surface area (Å²) in [7, 11) is 0. The first-order chi connectivity index (χ1) is 16.6. The molecular weight excluding hydrogens is 424 g/mol. The molecule has 1 saturated carbocycles. The first-order valence-corrected chi connectivity index (χ1v) is 12.8. The van der Waals surface area contributed by atoms with Crippen molar-refractivity contribution in [2.45, 2.75) is 84.1 Å². The minimum Gasteiger partial charge on any atom is -0.478 e. The van der Waals surface area contributed by atoms with Gasteiger partial charge in [-0.2, -0.15) is 5.10 Å². The fraction of sp³-hybridized carbons (Fsp3) is 0.500. The van der Waals surface area contributed by atoms with Crippen molar-refractivity contribution >= 4 is 5.97 Å². The molecule has 0 amide bonds. The van der Waals surface area contributed by atoms with Gasteiger partial charge in [-0.05, 0) is 36.5 Å². The smallest absolute Gasteiger partial charge is 0.336 e. The van der Waals surface area contributed by atoms with Crippen LogP contribution >= 0.6 is 0 Å². The molecular formula is C28H36N4O2. The van der Waals surface area contributed by atoms with E-state index in [0.29, 0.717) is 12.0 Å². The second-order valence-electron chi connectivity index (χ2n) is 9.48. The molecule has 180 valence electrons. The number of aromatic carboxylic acids is 1. The second-order valence-corrected chi connectivity index (χ2v) is 9.48. The number of carboxylic acid groups (broad SMARTS) is 1. The van der Waals surface area contributed by atoms with E-state index in [1.807, 2.05) is 24.3 Å². The zero-order valence-corrected chi connectivity index (χ0v) is 20.2. The van der Waals surface area contributed by atoms with Crippen molar-refractivity contribution in [1.82, 2.24) is 19.7 Å². The molecule has 0 radical (unpaired) electrons. The highest BCUT2D eigenvalue weighted by Crippen LogP contribution is 2.27. The summed E-state index contributed by atoms with van der Waals surface area (Å²) in [4.78, 5) is 21.1. The number of pyridine rings is 1. The number of unbranched alkanes of at least 4 members (excludes halogenated alkanes) is 2. The Balaban J connectivity index is 1.47. The largest absolute Gasteiger partial charge is 0.478 e. The Hall–Kier alpha value is -3.02. The summed E-state index contributed by atoms with van der Waals surface area (Å²) >= 11 is 0. The summed E-state index contributed by atoms with van der Waals surface area (Å²) < 4.78 is 2.08. The van der Waals surface area contributed by atoms with Crippen LogP contribution in [0.4, 0.5) is 0 Å². The van der Waals surface area contributed by atoms with E-state index in [9.17, 15) is 9.90 Å². The van der Waals surface area contributed by atoms with Crippen molar-refractivity contribution < 1.29 is 9.90 Å². The number of rotatable bonds is 11. The van der Waals surface area contributed by atoms with Gasteiger partial charge in [-0.3, -0.25) is 4.98 Å². The third-order valence-electron chi connectivity index (χ3n) is 6.90. The number of aryl methyl sites for hydroxylation is 2. The van der Waals surface area contributed by atoms with Crippen molar-refractivity contribution in [3.8, 4) is 11.1 Å². The van der Waals surface area contributed by atoms with Gasteiger partial charge in [0.2, 0.25) is 0 Å². The Bertz CT molecular complexity index is 1070. The maximum atomic E-state index is 11.6. The lowest BCUT2D eigenvalue weighted by Crippen LogP contribution is -2.08. The predicted molar refractivity (Wildman–Crippen MR) is 134 cm³/mol. The topological polar surface area (TPSA) is 80.9 Å². The molecule has 1 fully saturated rings. The first-order valence-electron chi connectivity index (χ1n) is 12.8. The van der Waals surface area contributed by atoms with E-state index in [1.54, 1.807) is 18.3 Å². The van der Waals surface area contributed by atoms with E-state index in [1.165, 1.54) is 51.4 Å². The molecule has 6 nitrogen and oxygen atoms in total. The third-order valence-corrected chi connectivity index (χ3v) is 6.90. The Morgan fingerprint density at radius 1 is 1.09 bits per heavy atom. The molecule has 1 aliphatic carbocycles. The van der Waals surface area contributed by atoms with Crippen LogP contribution < -0.4 is 0 Å². The summed E-state index contributed by atoms with van der Waals surface area (Å²) in [5, 5.41) is 14.4. The molecule has 34 heavy (non-hydrogen) atoms. The minimum atomic E-state index is -0.930. The number of carbonyl (C=O) groups is 1. The lowest BCUT2D eigenvalue weighted by atomic mass is 9.86. The monoisotopic (exact) mass is 460 g/mol. The molecule has 0 atom stereocenters. The Kier molecular flexibility index (Phi) is 8.45. The van der Waals surface area contributed by atoms with Crippen LogP contribution in [0.1, 0.15) is 92.4 Å². The van der Waals surface area contributed by atoms with Crippen molar-refractivity contribution in [3.05, 3.63) is 65.5 Å². The number of hydrogen-bond donors (Lipinski definition) is 1. The third kappa shape index (κ3) is 6.31. The summed E-state index contributed by atoms with van der Waals surface area (Å²) in [6.45, 7) is 3.11. The molecule has 6 heteroatoms. The van der Waals surface area contributed by atoms with Gasteiger partial charge < -0.3 is 5.11 Å². The van der Waals surface area contributed by atoms with Gasteiger partial charge in [0.15, 0.2) is 5.82 Å². The lowest BCUT2D eigenvalue weighted by Gasteiger charge is -2.20. The molecule has 0 unspecified atom stereocenters. The van der Waals surface area contributed by atoms with Crippen LogP contribution in [0.3, 0.4) is 0 Å². The van der Waals surface area contributed by atoms with Crippen LogP contribution in [0.15, 0.2) is 42.6 Å². The van der Waals surface area contributed by atoms with Crippen LogP contribution in [0.2, 0.25) is 0 Å². The van der Waals surface area contributed by atoms with E-state index >= 15 is 0 Å². The highest BCUT2D eigenvalue weighted by atomic mass is 16.4. The Labute approximate surface area is 202 Å². The maximum absolute atomic E-state index is 11.6. The highest BCUT2D eigenvalue weighted by molar-refractivity contribution is 5.95. The Morgan fingerprint density at radius 3 is 2.65 bits per heavy atom. The van der Waals surface area contributed by atoms with Gasteiger partial charge in [-0.25, -0.2) is 14.5 Å². The molecule has 0 saturated heterocycles. The summed E-state index contributed by atoms with van der Waals surface area (Å²) in [6.07, 6.45) is 14.8. The van der Waals surface area contributed by atoms with Crippen LogP contribution in [0.5, 0.6) is 0 Å². The number of aromatic nitrogens is 4. The van der Waals surface area contributed by atoms with Crippen molar-refractivity contribution in [2.24, 2.45) is 5.92 Å². The van der Waals surface area contributed by atoms with E-state index in [-0.39, 0.29) is 5.56 Å². The summed E-state index contributed by atoms with van der Waals surface area (Å²) in [5.41, 5.74) is 2.69. The molecule has 2 aromatic heterocycles. The van der Waals surface area contributed by atoms with Crippen LogP contribution in [0.25, 0.3) is 11.1 Å². The van der Waals surface area contributed by atoms with E-state index < -0.39 is 5.97 Å². The van der Waals surface area contributed by atoms with Gasteiger partial charge in [0, 0.05) is 36.8 Å². The van der Waals surface area contributed by atoms with Crippen LogP contribution in [-0.2, 0) is 19.4 Å². The molecule has 1 aromatic carbocycles. The van der Waals surface area contributed by atoms with Crippen molar-refractivity contribution in [3.63, 3.8) is 0 Å². The maximum Gasteiger partial charge on any atom is 0.336 e. The van der Waals surface area contributed by atoms with Crippen LogP contribution in [0, 0.1) is 5.92 Å². The van der Waals surface area contributed by atoms with Gasteiger partial charge in [-0.1, -0.05) is 76.1 Å². The van der Waals surface area contributed by atoms with Crippen molar-refractivity contribution in [2.75, 3.05) is 0 Å². The molecule has 0 spiro atoms. The standard InChI is InChI=1S/C28H36N4O2/c1-2-3-9-18-32-27(30-26(31-32)17-14-21-10-5-4-6-11-21)19-23-16-15-22(20-29-23)24-12-7-8-13-25(24)28(33)34/h7-8,12-13,15-16,20-21H,2-6,9-11,14,17-19H2,1H3,(H,33,34). The van der Waals surface area contributed by atoms with E-state index in [0.717, 1.165) is 48.2 Å². The Morgan fingerprint density at radius 2 is 1.91 bits per heavy atom. The number of hydrogen-bond acceptors (Lipinski definition) is 4. The van der Waals surface area contributed by atoms with Gasteiger partial charge in [0.05, 0.1) is 5.56 Å². The molecule has 0 bridgehead atoms. The fourth-order valence-corrected chi connectivity index (χ4v) is 4.93. The summed E-state index contributed by atoms with van der Waals surface area (Å²) in [5.74, 6) is 1.83. The molecule has 2 heterocycles. The lowest BCUT2D eigenvalue weighted by molar-refractivity contribution is 0.0697. The number of benzene rings is 1. The predicted octanol–water partition coefficient (Wildman–Crippen LogP) is 6.33. The van der Waals surface area contributed by atoms with E-state index in [2.05, 4.69) is 16.6 Å². The zero-order chi connectivity index (χ0) is 23.8. The fourth-order valence-electron chi connectivity index (χ4n) is 4.93. The quantitative estimate of drug-likeness (QED) is 0.338. The molecule has 1 aliphatic rings. The minimum absolute atomic E-state index is 0.287. The number of carboxylic acids is 1. The van der Waals surface area contributed by atoms with Gasteiger partial charge in [0.25, 0.3) is 0 Å². The molecule has 4 rings (SSSR count). The second kappa shape index (κ2) is 11.9. The average Bonchev–Trinajstić information content (AvgIpc) is 3.25. The van der Waals surface area contributed by atoms with Gasteiger partial charge in [-0.15, -0.1) is 0 Å². The number of nitrogens with zero attached hydrogens (tertiary/aromatic N) is 4. The SMILES string of the molecule is CCCCCn1nc(CCC2CCCCC2)nc1Cc1ccc(-c2ccccc2C(=O)O)cn1. The van der Waals surface area contributed by atoms with Crippen molar-refractivity contribution in [1.29, 1.82) is 0 Å². The zero-order valence-electron chi connectivity index (χ0n) is 20.2. The first kappa shape index (κ1) is 24.1. The van der Waals surface area contributed by atoms with Gasteiger partial charge >= 0.3 is 5.97 Å².